The quantitative estimate of drug-likeness (QED) is 0.852. The second-order valence-electron chi connectivity index (χ2n) is 5.91. The van der Waals surface area contributed by atoms with Crippen molar-refractivity contribution < 1.29 is 4.79 Å². The molecule has 1 N–H and O–H groups in total. The minimum Gasteiger partial charge on any atom is -0.352 e. The highest BCUT2D eigenvalue weighted by Gasteiger charge is 2.15. The predicted molar refractivity (Wildman–Crippen MR) is 93.8 cm³/mol. The highest BCUT2D eigenvalue weighted by atomic mass is 35.5. The molecule has 120 valence electrons. The van der Waals surface area contributed by atoms with Crippen LogP contribution in [0.25, 0.3) is 0 Å². The number of amides is 1. The number of fused-ring (bicyclic) bond motifs is 1. The van der Waals surface area contributed by atoms with Gasteiger partial charge in [0.1, 0.15) is 0 Å². The highest BCUT2D eigenvalue weighted by molar-refractivity contribution is 6.30. The van der Waals surface area contributed by atoms with Crippen LogP contribution in [0.15, 0.2) is 48.5 Å². The van der Waals surface area contributed by atoms with E-state index in [0.717, 1.165) is 32.5 Å². The van der Waals surface area contributed by atoms with Gasteiger partial charge in [-0.25, -0.2) is 0 Å². The third kappa shape index (κ3) is 4.34. The topological polar surface area (TPSA) is 32.3 Å². The monoisotopic (exact) mass is 328 g/mol. The molecule has 0 fully saturated rings. The molecule has 0 saturated carbocycles. The van der Waals surface area contributed by atoms with Gasteiger partial charge in [0, 0.05) is 36.8 Å². The summed E-state index contributed by atoms with van der Waals surface area (Å²) >= 11 is 5.83. The summed E-state index contributed by atoms with van der Waals surface area (Å²) in [6.07, 6.45) is 2.08. The molecule has 1 amide bonds. The van der Waals surface area contributed by atoms with Gasteiger partial charge in [-0.1, -0.05) is 35.9 Å². The van der Waals surface area contributed by atoms with Gasteiger partial charge < -0.3 is 5.32 Å². The van der Waals surface area contributed by atoms with Crippen LogP contribution in [0.5, 0.6) is 0 Å². The Bertz CT molecular complexity index is 669. The summed E-state index contributed by atoms with van der Waals surface area (Å²) in [6, 6.07) is 15.6. The second-order valence-corrected chi connectivity index (χ2v) is 6.35. The van der Waals surface area contributed by atoms with Crippen molar-refractivity contribution >= 4 is 17.5 Å². The first-order valence-electron chi connectivity index (χ1n) is 8.05. The smallest absolute Gasteiger partial charge is 0.251 e. The lowest BCUT2D eigenvalue weighted by Gasteiger charge is -2.28. The number of nitrogens with zero attached hydrogens (tertiary/aromatic N) is 1. The lowest BCUT2D eigenvalue weighted by Crippen LogP contribution is -2.33. The maximum absolute atomic E-state index is 12.0. The van der Waals surface area contributed by atoms with E-state index >= 15 is 0 Å². The molecule has 0 unspecified atom stereocenters. The first-order chi connectivity index (χ1) is 11.2. The van der Waals surface area contributed by atoms with Gasteiger partial charge in [-0.05, 0) is 48.2 Å². The molecule has 0 aromatic heterocycles. The van der Waals surface area contributed by atoms with Crippen molar-refractivity contribution in [1.29, 1.82) is 0 Å². The average Bonchev–Trinajstić information content (AvgIpc) is 2.59. The molecular weight excluding hydrogens is 308 g/mol. The van der Waals surface area contributed by atoms with Crippen LogP contribution in [0.2, 0.25) is 5.02 Å². The fourth-order valence-corrected chi connectivity index (χ4v) is 3.08. The molecule has 3 rings (SSSR count). The molecule has 2 aromatic rings. The number of nitrogens with one attached hydrogen (secondary N) is 1. The zero-order valence-corrected chi connectivity index (χ0v) is 13.9. The van der Waals surface area contributed by atoms with E-state index in [0.29, 0.717) is 17.1 Å². The van der Waals surface area contributed by atoms with Crippen molar-refractivity contribution in [3.8, 4) is 0 Å². The van der Waals surface area contributed by atoms with Crippen molar-refractivity contribution in [3.05, 3.63) is 70.2 Å². The molecule has 23 heavy (non-hydrogen) atoms. The van der Waals surface area contributed by atoms with E-state index in [9.17, 15) is 4.79 Å². The van der Waals surface area contributed by atoms with Gasteiger partial charge in [-0.15, -0.1) is 0 Å². The van der Waals surface area contributed by atoms with Crippen LogP contribution in [0.3, 0.4) is 0 Å². The molecule has 1 aliphatic rings. The van der Waals surface area contributed by atoms with E-state index < -0.39 is 0 Å². The third-order valence-corrected chi connectivity index (χ3v) is 4.50. The fourth-order valence-electron chi connectivity index (χ4n) is 2.95. The summed E-state index contributed by atoms with van der Waals surface area (Å²) in [4.78, 5) is 14.5. The fraction of sp³-hybridized carbons (Fsp3) is 0.316. The summed E-state index contributed by atoms with van der Waals surface area (Å²) < 4.78 is 0. The Morgan fingerprint density at radius 1 is 1.09 bits per heavy atom. The van der Waals surface area contributed by atoms with Gasteiger partial charge in [0.15, 0.2) is 0 Å². The molecule has 0 spiro atoms. The first-order valence-corrected chi connectivity index (χ1v) is 8.43. The maximum atomic E-state index is 12.0. The van der Waals surface area contributed by atoms with Crippen molar-refractivity contribution in [1.82, 2.24) is 10.2 Å². The highest BCUT2D eigenvalue weighted by Crippen LogP contribution is 2.18. The Labute approximate surface area is 142 Å². The van der Waals surface area contributed by atoms with Crippen molar-refractivity contribution in [2.45, 2.75) is 19.4 Å². The Morgan fingerprint density at radius 3 is 2.61 bits per heavy atom. The van der Waals surface area contributed by atoms with E-state index in [-0.39, 0.29) is 5.91 Å². The number of carbonyl (C=O) groups excluding carboxylic acids is 1. The van der Waals surface area contributed by atoms with Crippen molar-refractivity contribution in [3.63, 3.8) is 0 Å². The Balaban J connectivity index is 1.40. The number of carbonyl (C=O) groups is 1. The molecule has 1 aliphatic heterocycles. The largest absolute Gasteiger partial charge is 0.352 e. The minimum atomic E-state index is -0.0364. The third-order valence-electron chi connectivity index (χ3n) is 4.25. The second kappa shape index (κ2) is 7.62. The van der Waals surface area contributed by atoms with E-state index in [2.05, 4.69) is 34.5 Å². The van der Waals surface area contributed by atoms with Gasteiger partial charge >= 0.3 is 0 Å². The van der Waals surface area contributed by atoms with E-state index in [1.807, 2.05) is 0 Å². The Kier molecular flexibility index (Phi) is 5.31. The lowest BCUT2D eigenvalue weighted by molar-refractivity contribution is 0.0951. The molecule has 3 nitrogen and oxygen atoms in total. The van der Waals surface area contributed by atoms with Crippen LogP contribution in [-0.2, 0) is 13.0 Å². The summed E-state index contributed by atoms with van der Waals surface area (Å²) in [5.41, 5.74) is 3.56. The number of hydrogen-bond acceptors (Lipinski definition) is 2. The van der Waals surface area contributed by atoms with E-state index in [1.54, 1.807) is 24.3 Å². The minimum absolute atomic E-state index is 0.0364. The maximum Gasteiger partial charge on any atom is 0.251 e. The Morgan fingerprint density at radius 2 is 1.83 bits per heavy atom. The van der Waals surface area contributed by atoms with Gasteiger partial charge in [0.25, 0.3) is 5.91 Å². The zero-order chi connectivity index (χ0) is 16.1. The van der Waals surface area contributed by atoms with Crippen molar-refractivity contribution in [2.75, 3.05) is 19.6 Å². The average molecular weight is 329 g/mol. The van der Waals surface area contributed by atoms with Crippen LogP contribution in [0.1, 0.15) is 27.9 Å². The molecule has 0 bridgehead atoms. The number of rotatable bonds is 5. The lowest BCUT2D eigenvalue weighted by atomic mass is 10.00. The van der Waals surface area contributed by atoms with E-state index in [4.69, 9.17) is 11.6 Å². The summed E-state index contributed by atoms with van der Waals surface area (Å²) in [6.45, 7) is 3.82. The first kappa shape index (κ1) is 16.0. The van der Waals surface area contributed by atoms with Gasteiger partial charge in [0.05, 0.1) is 0 Å². The van der Waals surface area contributed by atoms with Crippen LogP contribution in [0.4, 0.5) is 0 Å². The van der Waals surface area contributed by atoms with Crippen LogP contribution >= 0.6 is 11.6 Å². The van der Waals surface area contributed by atoms with Gasteiger partial charge in [0.2, 0.25) is 0 Å². The summed E-state index contributed by atoms with van der Waals surface area (Å²) in [7, 11) is 0. The van der Waals surface area contributed by atoms with Crippen LogP contribution in [0, 0.1) is 0 Å². The van der Waals surface area contributed by atoms with Gasteiger partial charge in [-0.3, -0.25) is 9.69 Å². The predicted octanol–water partition coefficient (Wildman–Crippen LogP) is 3.52. The van der Waals surface area contributed by atoms with Crippen LogP contribution in [-0.4, -0.2) is 30.4 Å². The number of benzene rings is 2. The molecule has 0 aliphatic carbocycles. The molecular formula is C19H21ClN2O. The molecule has 0 radical (unpaired) electrons. The van der Waals surface area contributed by atoms with Gasteiger partial charge in [-0.2, -0.15) is 0 Å². The Hall–Kier alpha value is -1.84. The number of halogens is 1. The number of hydrogen-bond donors (Lipinski definition) is 1. The zero-order valence-electron chi connectivity index (χ0n) is 13.1. The molecule has 2 aromatic carbocycles. The standard InChI is InChI=1S/C19H21ClN2O/c20-18-8-6-16(7-9-18)19(23)21-11-3-12-22-13-10-15-4-1-2-5-17(15)14-22/h1-2,4-9H,3,10-14H2,(H,21,23). The SMILES string of the molecule is O=C(NCCCN1CCc2ccccc2C1)c1ccc(Cl)cc1. The summed E-state index contributed by atoms with van der Waals surface area (Å²) in [5.74, 6) is -0.0364. The molecule has 4 heteroatoms. The summed E-state index contributed by atoms with van der Waals surface area (Å²) in [5, 5.41) is 3.61. The molecule has 0 atom stereocenters. The van der Waals surface area contributed by atoms with Crippen LogP contribution < -0.4 is 5.32 Å². The normalized spacial score (nSPS) is 14.3. The molecule has 1 heterocycles. The molecule has 0 saturated heterocycles. The van der Waals surface area contributed by atoms with Crippen molar-refractivity contribution in [2.24, 2.45) is 0 Å². The van der Waals surface area contributed by atoms with E-state index in [1.165, 1.54) is 11.1 Å².